The van der Waals surface area contributed by atoms with E-state index in [0.717, 1.165) is 37.2 Å². The first-order valence-corrected chi connectivity index (χ1v) is 8.43. The zero-order valence-corrected chi connectivity index (χ0v) is 14.4. The van der Waals surface area contributed by atoms with Crippen molar-refractivity contribution < 1.29 is 14.6 Å². The molecule has 0 aliphatic rings. The average molecular weight is 327 g/mol. The molecule has 0 saturated carbocycles. The lowest BCUT2D eigenvalue weighted by atomic mass is 10.0. The van der Waals surface area contributed by atoms with E-state index in [0.29, 0.717) is 12.4 Å². The van der Waals surface area contributed by atoms with Gasteiger partial charge in [-0.05, 0) is 42.8 Å². The average Bonchev–Trinajstić information content (AvgIpc) is 2.61. The first-order valence-electron chi connectivity index (χ1n) is 8.43. The number of likely N-dealkylation sites (N-methyl/N-ethyl adjacent to an activating group) is 1. The lowest BCUT2D eigenvalue weighted by molar-refractivity contribution is 0.0691. The molecule has 0 fully saturated rings. The van der Waals surface area contributed by atoms with Crippen molar-refractivity contribution in [3.63, 3.8) is 0 Å². The number of carboxylic acids is 1. The number of benzene rings is 2. The Hall–Kier alpha value is -2.33. The summed E-state index contributed by atoms with van der Waals surface area (Å²) in [6.07, 6.45) is 1.10. The van der Waals surface area contributed by atoms with Gasteiger partial charge in [0.1, 0.15) is 17.9 Å². The fourth-order valence-electron chi connectivity index (χ4n) is 2.66. The first kappa shape index (κ1) is 18.0. The maximum absolute atomic E-state index is 11.6. The molecule has 0 aliphatic carbocycles. The normalized spacial score (nSPS) is 10.8. The van der Waals surface area contributed by atoms with Crippen molar-refractivity contribution in [2.45, 2.75) is 20.3 Å². The van der Waals surface area contributed by atoms with Gasteiger partial charge in [-0.1, -0.05) is 50.2 Å². The molecule has 0 spiro atoms. The van der Waals surface area contributed by atoms with Crippen molar-refractivity contribution in [2.75, 3.05) is 26.2 Å². The molecular weight excluding hydrogens is 302 g/mol. The molecule has 0 heterocycles. The van der Waals surface area contributed by atoms with Crippen LogP contribution in [0.3, 0.4) is 0 Å². The van der Waals surface area contributed by atoms with E-state index in [1.54, 1.807) is 12.1 Å². The number of hydrogen-bond acceptors (Lipinski definition) is 3. The van der Waals surface area contributed by atoms with Crippen LogP contribution in [0.15, 0.2) is 48.5 Å². The van der Waals surface area contributed by atoms with Crippen molar-refractivity contribution in [2.24, 2.45) is 0 Å². The van der Waals surface area contributed by atoms with E-state index >= 15 is 0 Å². The molecule has 0 radical (unpaired) electrons. The molecule has 4 heteroatoms. The number of rotatable bonds is 9. The van der Waals surface area contributed by atoms with Gasteiger partial charge in [0.15, 0.2) is 0 Å². The van der Waals surface area contributed by atoms with E-state index in [1.165, 1.54) is 0 Å². The lowest BCUT2D eigenvalue weighted by Crippen LogP contribution is -2.29. The van der Waals surface area contributed by atoms with Gasteiger partial charge in [0.25, 0.3) is 0 Å². The summed E-state index contributed by atoms with van der Waals surface area (Å²) < 4.78 is 5.75. The maximum atomic E-state index is 11.6. The molecule has 2 aromatic rings. The summed E-state index contributed by atoms with van der Waals surface area (Å²) in [5.74, 6) is -0.543. The highest BCUT2D eigenvalue weighted by molar-refractivity contribution is 5.92. The number of carboxylic acid groups (broad SMARTS) is 1. The molecule has 0 bridgehead atoms. The fourth-order valence-corrected chi connectivity index (χ4v) is 2.66. The van der Waals surface area contributed by atoms with Gasteiger partial charge < -0.3 is 14.7 Å². The summed E-state index contributed by atoms with van der Waals surface area (Å²) in [7, 11) is 0. The van der Waals surface area contributed by atoms with Crippen LogP contribution in [0.1, 0.15) is 30.6 Å². The minimum absolute atomic E-state index is 0.204. The van der Waals surface area contributed by atoms with E-state index in [4.69, 9.17) is 4.74 Å². The molecule has 0 unspecified atom stereocenters. The topological polar surface area (TPSA) is 49.8 Å². The number of aromatic carboxylic acids is 1. The van der Waals surface area contributed by atoms with Crippen molar-refractivity contribution in [1.29, 1.82) is 0 Å². The largest absolute Gasteiger partial charge is 0.491 e. The molecule has 2 rings (SSSR count). The summed E-state index contributed by atoms with van der Waals surface area (Å²) in [6, 6.07) is 15.1. The van der Waals surface area contributed by atoms with Crippen molar-refractivity contribution in [1.82, 2.24) is 4.90 Å². The maximum Gasteiger partial charge on any atom is 0.339 e. The Morgan fingerprint density at radius 3 is 2.42 bits per heavy atom. The van der Waals surface area contributed by atoms with Crippen molar-refractivity contribution >= 4 is 5.97 Å². The molecule has 24 heavy (non-hydrogen) atoms. The van der Waals surface area contributed by atoms with Crippen LogP contribution in [-0.4, -0.2) is 42.2 Å². The Morgan fingerprint density at radius 2 is 1.79 bits per heavy atom. The van der Waals surface area contributed by atoms with Crippen LogP contribution in [0.4, 0.5) is 0 Å². The van der Waals surface area contributed by atoms with Crippen LogP contribution < -0.4 is 4.74 Å². The summed E-state index contributed by atoms with van der Waals surface area (Å²) in [4.78, 5) is 13.9. The molecule has 0 amide bonds. The van der Waals surface area contributed by atoms with E-state index in [9.17, 15) is 9.90 Å². The second-order valence-electron chi connectivity index (χ2n) is 5.66. The predicted octanol–water partition coefficient (Wildman–Crippen LogP) is 4.16. The monoisotopic (exact) mass is 327 g/mol. The highest BCUT2D eigenvalue weighted by Gasteiger charge is 2.13. The minimum atomic E-state index is -0.969. The van der Waals surface area contributed by atoms with E-state index < -0.39 is 5.97 Å². The smallest absolute Gasteiger partial charge is 0.339 e. The molecule has 0 saturated heterocycles. The molecule has 0 aliphatic heterocycles. The highest BCUT2D eigenvalue weighted by Crippen LogP contribution is 2.26. The fraction of sp³-hybridized carbons (Fsp3) is 0.350. The zero-order chi connectivity index (χ0) is 17.4. The summed E-state index contributed by atoms with van der Waals surface area (Å²) in [6.45, 7) is 7.54. The highest BCUT2D eigenvalue weighted by atomic mass is 16.5. The van der Waals surface area contributed by atoms with Crippen LogP contribution in [0.2, 0.25) is 0 Å². The van der Waals surface area contributed by atoms with Crippen LogP contribution in [-0.2, 0) is 0 Å². The van der Waals surface area contributed by atoms with Gasteiger partial charge in [0, 0.05) is 6.54 Å². The number of carbonyl (C=O) groups is 1. The van der Waals surface area contributed by atoms with Gasteiger partial charge in [-0.15, -0.1) is 0 Å². The molecule has 4 nitrogen and oxygen atoms in total. The number of hydrogen-bond donors (Lipinski definition) is 1. The molecule has 0 atom stereocenters. The molecule has 128 valence electrons. The van der Waals surface area contributed by atoms with E-state index in [2.05, 4.69) is 18.7 Å². The minimum Gasteiger partial charge on any atom is -0.491 e. The standard InChI is InChI=1S/C20H25NO3/c1-3-12-21(4-2)13-14-24-19-11-10-17(15-18(19)20(22)23)16-8-6-5-7-9-16/h5-11,15H,3-4,12-14H2,1-2H3,(H,22,23). The SMILES string of the molecule is CCCN(CC)CCOc1ccc(-c2ccccc2)cc1C(=O)O. The Bertz CT molecular complexity index is 655. The van der Waals surface area contributed by atoms with Gasteiger partial charge in [-0.3, -0.25) is 0 Å². The molecular formula is C20H25NO3. The molecule has 1 N–H and O–H groups in total. The van der Waals surface area contributed by atoms with E-state index in [1.807, 2.05) is 36.4 Å². The van der Waals surface area contributed by atoms with E-state index in [-0.39, 0.29) is 5.56 Å². The van der Waals surface area contributed by atoms with Gasteiger partial charge in [0.2, 0.25) is 0 Å². The summed E-state index contributed by atoms with van der Waals surface area (Å²) in [5, 5.41) is 9.49. The zero-order valence-electron chi connectivity index (χ0n) is 14.4. The van der Waals surface area contributed by atoms with Crippen molar-refractivity contribution in [3.05, 3.63) is 54.1 Å². The van der Waals surface area contributed by atoms with Gasteiger partial charge in [-0.2, -0.15) is 0 Å². The van der Waals surface area contributed by atoms with Gasteiger partial charge in [-0.25, -0.2) is 4.79 Å². The Morgan fingerprint density at radius 1 is 1.04 bits per heavy atom. The number of nitrogens with zero attached hydrogens (tertiary/aromatic N) is 1. The predicted molar refractivity (Wildman–Crippen MR) is 96.7 cm³/mol. The van der Waals surface area contributed by atoms with Crippen LogP contribution >= 0.6 is 0 Å². The van der Waals surface area contributed by atoms with Gasteiger partial charge >= 0.3 is 5.97 Å². The second-order valence-corrected chi connectivity index (χ2v) is 5.66. The third-order valence-corrected chi connectivity index (χ3v) is 3.97. The first-order chi connectivity index (χ1) is 11.7. The molecule has 0 aromatic heterocycles. The third-order valence-electron chi connectivity index (χ3n) is 3.97. The van der Waals surface area contributed by atoms with Crippen LogP contribution in [0, 0.1) is 0 Å². The summed E-state index contributed by atoms with van der Waals surface area (Å²) in [5.41, 5.74) is 2.07. The van der Waals surface area contributed by atoms with Gasteiger partial charge in [0.05, 0.1) is 0 Å². The van der Waals surface area contributed by atoms with Crippen LogP contribution in [0.25, 0.3) is 11.1 Å². The Balaban J connectivity index is 2.11. The quantitative estimate of drug-likeness (QED) is 0.751. The Kier molecular flexibility index (Phi) is 6.82. The Labute approximate surface area is 143 Å². The second kappa shape index (κ2) is 9.08. The number of ether oxygens (including phenoxy) is 1. The van der Waals surface area contributed by atoms with Crippen LogP contribution in [0.5, 0.6) is 5.75 Å². The third kappa shape index (κ3) is 4.83. The molecule has 2 aromatic carbocycles. The summed E-state index contributed by atoms with van der Waals surface area (Å²) >= 11 is 0. The van der Waals surface area contributed by atoms with Crippen molar-refractivity contribution in [3.8, 4) is 16.9 Å². The lowest BCUT2D eigenvalue weighted by Gasteiger charge is -2.20.